The van der Waals surface area contributed by atoms with E-state index >= 15 is 0 Å². The van der Waals surface area contributed by atoms with Crippen molar-refractivity contribution in [2.24, 2.45) is 0 Å². The Kier molecular flexibility index (Phi) is 6.68. The largest absolute Gasteiger partial charge is 0.496 e. The summed E-state index contributed by atoms with van der Waals surface area (Å²) in [6, 6.07) is 8.21. The van der Waals surface area contributed by atoms with Crippen LogP contribution in [0.2, 0.25) is 0 Å². The van der Waals surface area contributed by atoms with Crippen LogP contribution in [-0.2, 0) is 11.2 Å². The first-order chi connectivity index (χ1) is 18.1. The van der Waals surface area contributed by atoms with Gasteiger partial charge in [0.15, 0.2) is 0 Å². The number of hydrogen-bond acceptors (Lipinski definition) is 6. The summed E-state index contributed by atoms with van der Waals surface area (Å²) in [5, 5.41) is 9.18. The fraction of sp³-hybridized carbons (Fsp3) is 0.308. The molecule has 0 bridgehead atoms. The maximum atomic E-state index is 14.5. The smallest absolute Gasteiger partial charge is 0.406 e. The molecule has 0 saturated carbocycles. The van der Waals surface area contributed by atoms with Gasteiger partial charge in [-0.3, -0.25) is 4.79 Å². The SMILES string of the molecule is COc1cc(-c2cn([C@H]3CCc4c(F)cccc4N(CC(F)(F)F)C3=O)nn2)ccc1-c1sc(C)nc1C. The molecule has 5 rings (SSSR count). The highest BCUT2D eigenvalue weighted by molar-refractivity contribution is 7.15. The number of alkyl halides is 3. The van der Waals surface area contributed by atoms with Crippen molar-refractivity contribution in [1.82, 2.24) is 20.0 Å². The first kappa shape index (κ1) is 25.8. The third-order valence-corrected chi connectivity index (χ3v) is 7.52. The van der Waals surface area contributed by atoms with Gasteiger partial charge in [-0.1, -0.05) is 17.3 Å². The average molecular weight is 546 g/mol. The number of aryl methyl sites for hydroxylation is 2. The number of nitrogens with zero attached hydrogens (tertiary/aromatic N) is 5. The lowest BCUT2D eigenvalue weighted by Crippen LogP contribution is -2.42. The summed E-state index contributed by atoms with van der Waals surface area (Å²) in [6.07, 6.45) is -3.03. The quantitative estimate of drug-likeness (QED) is 0.291. The number of methoxy groups -OCH3 is 1. The van der Waals surface area contributed by atoms with Crippen molar-refractivity contribution in [3.63, 3.8) is 0 Å². The Morgan fingerprint density at radius 3 is 2.66 bits per heavy atom. The molecule has 4 aromatic rings. The highest BCUT2D eigenvalue weighted by Gasteiger charge is 2.40. The molecule has 12 heteroatoms. The van der Waals surface area contributed by atoms with Crippen LogP contribution in [0, 0.1) is 19.7 Å². The molecule has 0 spiro atoms. The highest BCUT2D eigenvalue weighted by atomic mass is 32.1. The van der Waals surface area contributed by atoms with E-state index in [1.807, 2.05) is 26.0 Å². The second kappa shape index (κ2) is 9.82. The fourth-order valence-electron chi connectivity index (χ4n) is 4.72. The van der Waals surface area contributed by atoms with E-state index in [2.05, 4.69) is 15.3 Å². The minimum Gasteiger partial charge on any atom is -0.496 e. The summed E-state index contributed by atoms with van der Waals surface area (Å²) < 4.78 is 61.6. The topological polar surface area (TPSA) is 73.1 Å². The second-order valence-corrected chi connectivity index (χ2v) is 10.2. The lowest BCUT2D eigenvalue weighted by Gasteiger charge is -2.26. The van der Waals surface area contributed by atoms with E-state index in [1.165, 1.54) is 29.1 Å². The minimum absolute atomic E-state index is 0.0657. The van der Waals surface area contributed by atoms with Gasteiger partial charge in [-0.05, 0) is 51.0 Å². The van der Waals surface area contributed by atoms with E-state index in [9.17, 15) is 22.4 Å². The van der Waals surface area contributed by atoms with Gasteiger partial charge in [0.25, 0.3) is 5.91 Å². The van der Waals surface area contributed by atoms with Crippen molar-refractivity contribution >= 4 is 22.9 Å². The molecule has 2 aromatic heterocycles. The number of amides is 1. The van der Waals surface area contributed by atoms with E-state index < -0.39 is 30.5 Å². The molecule has 1 aliphatic rings. The molecule has 3 heterocycles. The molecule has 7 nitrogen and oxygen atoms in total. The number of anilines is 1. The molecule has 0 unspecified atom stereocenters. The van der Waals surface area contributed by atoms with Gasteiger partial charge >= 0.3 is 6.18 Å². The third-order valence-electron chi connectivity index (χ3n) is 6.42. The van der Waals surface area contributed by atoms with Crippen LogP contribution in [0.3, 0.4) is 0 Å². The third kappa shape index (κ3) is 4.87. The van der Waals surface area contributed by atoms with Crippen LogP contribution in [-0.4, -0.2) is 45.7 Å². The number of benzene rings is 2. The zero-order valence-electron chi connectivity index (χ0n) is 20.7. The molecule has 1 atom stereocenters. The molecule has 0 saturated heterocycles. The molecule has 198 valence electrons. The average Bonchev–Trinajstić information content (AvgIpc) is 3.45. The first-order valence-electron chi connectivity index (χ1n) is 11.8. The Bertz CT molecular complexity index is 1510. The molecular weight excluding hydrogens is 522 g/mol. The predicted octanol–water partition coefficient (Wildman–Crippen LogP) is 5.92. The van der Waals surface area contributed by atoms with Crippen molar-refractivity contribution in [2.45, 2.75) is 38.9 Å². The van der Waals surface area contributed by atoms with E-state index in [-0.39, 0.29) is 24.1 Å². The van der Waals surface area contributed by atoms with Crippen molar-refractivity contribution in [2.75, 3.05) is 18.6 Å². The summed E-state index contributed by atoms with van der Waals surface area (Å²) in [5.74, 6) is -0.885. The maximum absolute atomic E-state index is 14.5. The monoisotopic (exact) mass is 545 g/mol. The van der Waals surface area contributed by atoms with Gasteiger partial charge in [-0.25, -0.2) is 14.1 Å². The zero-order chi connectivity index (χ0) is 27.2. The summed E-state index contributed by atoms with van der Waals surface area (Å²) >= 11 is 1.55. The van der Waals surface area contributed by atoms with Crippen molar-refractivity contribution in [1.29, 1.82) is 0 Å². The summed E-state index contributed by atoms with van der Waals surface area (Å²) in [5.41, 5.74) is 2.81. The van der Waals surface area contributed by atoms with Gasteiger partial charge in [0, 0.05) is 16.7 Å². The summed E-state index contributed by atoms with van der Waals surface area (Å²) in [7, 11) is 1.55. The van der Waals surface area contributed by atoms with E-state index in [0.717, 1.165) is 21.1 Å². The number of fused-ring (bicyclic) bond motifs is 1. The predicted molar refractivity (Wildman–Crippen MR) is 135 cm³/mol. The molecule has 0 fully saturated rings. The van der Waals surface area contributed by atoms with Crippen LogP contribution >= 0.6 is 11.3 Å². The molecule has 38 heavy (non-hydrogen) atoms. The Labute approximate surface area is 219 Å². The first-order valence-corrected chi connectivity index (χ1v) is 12.6. The number of aromatic nitrogens is 4. The van der Waals surface area contributed by atoms with Gasteiger partial charge in [0.1, 0.15) is 29.8 Å². The van der Waals surface area contributed by atoms with Crippen LogP contribution < -0.4 is 9.64 Å². The van der Waals surface area contributed by atoms with E-state index in [4.69, 9.17) is 4.74 Å². The Balaban J connectivity index is 1.48. The van der Waals surface area contributed by atoms with E-state index in [1.54, 1.807) is 24.5 Å². The van der Waals surface area contributed by atoms with Crippen LogP contribution in [0.4, 0.5) is 23.2 Å². The molecule has 1 amide bonds. The molecule has 2 aromatic carbocycles. The number of carbonyl (C=O) groups excluding carboxylic acids is 1. The van der Waals surface area contributed by atoms with Gasteiger partial charge in [-0.2, -0.15) is 13.2 Å². The van der Waals surface area contributed by atoms with Crippen molar-refractivity contribution in [3.8, 4) is 27.4 Å². The standard InChI is InChI=1S/C26H23F4N5O2S/c1-14-24(38-15(2)31-14)18-8-7-16(11-23(18)37-3)20-12-35(33-32-20)22-10-9-17-19(27)5-4-6-21(17)34(25(22)36)13-26(28,29)30/h4-8,11-12,22H,9-10,13H2,1-3H3/t22-/m0/s1. The van der Waals surface area contributed by atoms with Gasteiger partial charge in [-0.15, -0.1) is 16.4 Å². The maximum Gasteiger partial charge on any atom is 0.406 e. The molecule has 1 aliphatic heterocycles. The Morgan fingerprint density at radius 1 is 1.18 bits per heavy atom. The van der Waals surface area contributed by atoms with Crippen LogP contribution in [0.5, 0.6) is 5.75 Å². The molecular formula is C26H23F4N5O2S. The molecule has 0 N–H and O–H groups in total. The molecule has 0 radical (unpaired) electrons. The Morgan fingerprint density at radius 2 is 1.97 bits per heavy atom. The van der Waals surface area contributed by atoms with Crippen molar-refractivity contribution < 1.29 is 27.1 Å². The van der Waals surface area contributed by atoms with Gasteiger partial charge in [0.05, 0.1) is 34.6 Å². The number of ether oxygens (including phenoxy) is 1. The Hall–Kier alpha value is -3.80. The lowest BCUT2D eigenvalue weighted by atomic mass is 10.0. The minimum atomic E-state index is -4.67. The lowest BCUT2D eigenvalue weighted by molar-refractivity contribution is -0.134. The van der Waals surface area contributed by atoms with E-state index in [0.29, 0.717) is 21.9 Å². The number of thiazole rings is 1. The summed E-state index contributed by atoms with van der Waals surface area (Å²) in [6.45, 7) is 2.32. The normalized spacial score (nSPS) is 15.9. The zero-order valence-corrected chi connectivity index (χ0v) is 21.5. The second-order valence-electron chi connectivity index (χ2n) is 8.98. The number of carbonyl (C=O) groups is 1. The fourth-order valence-corrected chi connectivity index (χ4v) is 5.67. The van der Waals surface area contributed by atoms with Crippen molar-refractivity contribution in [3.05, 3.63) is 64.7 Å². The summed E-state index contributed by atoms with van der Waals surface area (Å²) in [4.78, 5) is 19.4. The number of hydrogen-bond donors (Lipinski definition) is 0. The van der Waals surface area contributed by atoms with Crippen LogP contribution in [0.15, 0.2) is 42.6 Å². The van der Waals surface area contributed by atoms with Crippen LogP contribution in [0.25, 0.3) is 21.7 Å². The number of rotatable bonds is 5. The van der Waals surface area contributed by atoms with Crippen LogP contribution in [0.1, 0.15) is 28.7 Å². The number of halogens is 4. The molecule has 0 aliphatic carbocycles. The van der Waals surface area contributed by atoms with Gasteiger partial charge in [0.2, 0.25) is 0 Å². The van der Waals surface area contributed by atoms with Gasteiger partial charge < -0.3 is 9.64 Å². The highest BCUT2D eigenvalue weighted by Crippen LogP contribution is 2.39.